The zero-order chi connectivity index (χ0) is 20.1. The summed E-state index contributed by atoms with van der Waals surface area (Å²) in [5, 5.41) is 2.95. The predicted octanol–water partition coefficient (Wildman–Crippen LogP) is 4.77. The van der Waals surface area contributed by atoms with Crippen LogP contribution in [0.3, 0.4) is 0 Å². The predicted molar refractivity (Wildman–Crippen MR) is 112 cm³/mol. The second kappa shape index (κ2) is 8.80. The topological polar surface area (TPSA) is 72.0 Å². The number of benzene rings is 2. The van der Waals surface area contributed by atoms with Crippen LogP contribution in [-0.4, -0.2) is 21.7 Å². The minimum Gasteiger partial charge on any atom is -0.325 e. The summed E-state index contributed by atoms with van der Waals surface area (Å²) in [6.45, 7) is 5.31. The highest BCUT2D eigenvalue weighted by atomic mass is 32.2. The zero-order valence-corrected chi connectivity index (χ0v) is 16.8. The minimum atomic E-state index is -0.525. The van der Waals surface area contributed by atoms with Crippen LogP contribution in [0.2, 0.25) is 0 Å². The number of aryl methyl sites for hydroxylation is 2. The van der Waals surface area contributed by atoms with Crippen LogP contribution in [0.5, 0.6) is 0 Å². The van der Waals surface area contributed by atoms with Crippen molar-refractivity contribution in [3.05, 3.63) is 83.2 Å². The average molecular weight is 391 g/mol. The van der Waals surface area contributed by atoms with Gasteiger partial charge in [0.05, 0.1) is 0 Å². The maximum Gasteiger partial charge on any atom is 0.242 e. The fourth-order valence-corrected chi connectivity index (χ4v) is 3.84. The maximum atomic E-state index is 13.1. The average Bonchev–Trinajstić information content (AvgIpc) is 2.66. The molecule has 0 spiro atoms. The number of anilines is 1. The SMILES string of the molecule is CC(=O)c1cccc(NC(=O)[C@@H](Sc2nc(C)cc(C)n2)c2ccccc2)c1. The molecule has 0 saturated carbocycles. The number of nitrogens with one attached hydrogen (secondary N) is 1. The third kappa shape index (κ3) is 5.04. The van der Waals surface area contributed by atoms with Crippen molar-refractivity contribution in [1.29, 1.82) is 0 Å². The van der Waals surface area contributed by atoms with Crippen LogP contribution in [0.4, 0.5) is 5.69 Å². The Morgan fingerprint density at radius 3 is 2.25 bits per heavy atom. The van der Waals surface area contributed by atoms with Gasteiger partial charge in [-0.2, -0.15) is 0 Å². The van der Waals surface area contributed by atoms with Crippen molar-refractivity contribution >= 4 is 29.1 Å². The molecule has 1 aromatic heterocycles. The molecule has 0 aliphatic carbocycles. The smallest absolute Gasteiger partial charge is 0.242 e. The van der Waals surface area contributed by atoms with Crippen molar-refractivity contribution < 1.29 is 9.59 Å². The molecule has 0 aliphatic rings. The van der Waals surface area contributed by atoms with Crippen molar-refractivity contribution in [2.24, 2.45) is 0 Å². The summed E-state index contributed by atoms with van der Waals surface area (Å²) in [7, 11) is 0. The second-order valence-corrected chi connectivity index (χ2v) is 7.54. The van der Waals surface area contributed by atoms with Gasteiger partial charge in [0.15, 0.2) is 10.9 Å². The number of hydrogen-bond donors (Lipinski definition) is 1. The first-order valence-corrected chi connectivity index (χ1v) is 9.76. The molecule has 0 fully saturated rings. The van der Waals surface area contributed by atoms with Crippen molar-refractivity contribution in [1.82, 2.24) is 9.97 Å². The van der Waals surface area contributed by atoms with E-state index in [0.29, 0.717) is 16.4 Å². The molecule has 0 unspecified atom stereocenters. The Labute approximate surface area is 168 Å². The highest BCUT2D eigenvalue weighted by Crippen LogP contribution is 2.34. The van der Waals surface area contributed by atoms with E-state index in [0.717, 1.165) is 17.0 Å². The number of thioether (sulfide) groups is 1. The summed E-state index contributed by atoms with van der Waals surface area (Å²) >= 11 is 1.31. The lowest BCUT2D eigenvalue weighted by Gasteiger charge is -2.17. The quantitative estimate of drug-likeness (QED) is 0.372. The van der Waals surface area contributed by atoms with E-state index in [2.05, 4.69) is 15.3 Å². The van der Waals surface area contributed by atoms with Crippen molar-refractivity contribution in [3.63, 3.8) is 0 Å². The summed E-state index contributed by atoms with van der Waals surface area (Å²) in [5.74, 6) is -0.242. The first-order valence-electron chi connectivity index (χ1n) is 8.88. The van der Waals surface area contributed by atoms with Gasteiger partial charge in [0, 0.05) is 22.6 Å². The van der Waals surface area contributed by atoms with Gasteiger partial charge in [-0.25, -0.2) is 9.97 Å². The van der Waals surface area contributed by atoms with E-state index in [1.54, 1.807) is 24.3 Å². The van der Waals surface area contributed by atoms with E-state index in [1.807, 2.05) is 50.2 Å². The van der Waals surface area contributed by atoms with Crippen LogP contribution in [0.25, 0.3) is 0 Å². The molecule has 1 atom stereocenters. The first-order chi connectivity index (χ1) is 13.4. The Morgan fingerprint density at radius 1 is 0.929 bits per heavy atom. The lowest BCUT2D eigenvalue weighted by atomic mass is 10.1. The summed E-state index contributed by atoms with van der Waals surface area (Å²) in [5.41, 5.74) is 3.71. The van der Waals surface area contributed by atoms with Crippen molar-refractivity contribution in [2.75, 3.05) is 5.32 Å². The lowest BCUT2D eigenvalue weighted by molar-refractivity contribution is -0.115. The molecule has 1 heterocycles. The van der Waals surface area contributed by atoms with Crippen LogP contribution in [0.1, 0.15) is 39.5 Å². The minimum absolute atomic E-state index is 0.0475. The van der Waals surface area contributed by atoms with Crippen molar-refractivity contribution in [3.8, 4) is 0 Å². The number of amides is 1. The van der Waals surface area contributed by atoms with Gasteiger partial charge < -0.3 is 5.32 Å². The zero-order valence-electron chi connectivity index (χ0n) is 16.0. The standard InChI is InChI=1S/C22H21N3O2S/c1-14-12-15(2)24-22(23-14)28-20(17-8-5-4-6-9-17)21(27)25-19-11-7-10-18(13-19)16(3)26/h4-13,20H,1-3H3,(H,25,27)/t20-/m0/s1. The fourth-order valence-electron chi connectivity index (χ4n) is 2.78. The molecule has 3 rings (SSSR count). The number of Topliss-reactive ketones (excluding diaryl/α,β-unsaturated/α-hetero) is 1. The van der Waals surface area contributed by atoms with Crippen LogP contribution in [-0.2, 0) is 4.79 Å². The molecule has 0 bridgehead atoms. The Kier molecular flexibility index (Phi) is 6.21. The summed E-state index contributed by atoms with van der Waals surface area (Å²) < 4.78 is 0. The van der Waals surface area contributed by atoms with Gasteiger partial charge in [0.1, 0.15) is 5.25 Å². The van der Waals surface area contributed by atoms with Crippen LogP contribution in [0, 0.1) is 13.8 Å². The van der Waals surface area contributed by atoms with Gasteiger partial charge in [-0.3, -0.25) is 9.59 Å². The Balaban J connectivity index is 1.89. The van der Waals surface area contributed by atoms with Gasteiger partial charge in [0.25, 0.3) is 0 Å². The molecule has 5 nitrogen and oxygen atoms in total. The third-order valence-corrected chi connectivity index (χ3v) is 5.18. The number of rotatable bonds is 6. The molecule has 0 radical (unpaired) electrons. The van der Waals surface area contributed by atoms with Crippen LogP contribution < -0.4 is 5.32 Å². The Bertz CT molecular complexity index is 985. The van der Waals surface area contributed by atoms with E-state index in [4.69, 9.17) is 0 Å². The molecule has 2 aromatic carbocycles. The molecular formula is C22H21N3O2S. The molecule has 3 aromatic rings. The largest absolute Gasteiger partial charge is 0.325 e. The Morgan fingerprint density at radius 2 is 1.61 bits per heavy atom. The molecule has 0 aliphatic heterocycles. The highest BCUT2D eigenvalue weighted by molar-refractivity contribution is 8.00. The molecule has 0 saturated heterocycles. The van der Waals surface area contributed by atoms with E-state index in [-0.39, 0.29) is 11.7 Å². The molecule has 6 heteroatoms. The number of nitrogens with zero attached hydrogens (tertiary/aromatic N) is 2. The van der Waals surface area contributed by atoms with Gasteiger partial charge in [-0.15, -0.1) is 0 Å². The van der Waals surface area contributed by atoms with Gasteiger partial charge in [0.2, 0.25) is 5.91 Å². The molecule has 28 heavy (non-hydrogen) atoms. The molecule has 142 valence electrons. The summed E-state index contributed by atoms with van der Waals surface area (Å²) in [4.78, 5) is 33.6. The number of carbonyl (C=O) groups excluding carboxylic acids is 2. The summed E-state index contributed by atoms with van der Waals surface area (Å²) in [6.07, 6.45) is 0. The fraction of sp³-hybridized carbons (Fsp3) is 0.182. The number of ketones is 1. The van der Waals surface area contributed by atoms with Gasteiger partial charge in [-0.1, -0.05) is 54.2 Å². The number of carbonyl (C=O) groups is 2. The van der Waals surface area contributed by atoms with E-state index < -0.39 is 5.25 Å². The van der Waals surface area contributed by atoms with E-state index in [9.17, 15) is 9.59 Å². The number of aromatic nitrogens is 2. The van der Waals surface area contributed by atoms with Gasteiger partial charge in [-0.05, 0) is 44.5 Å². The molecular weight excluding hydrogens is 370 g/mol. The van der Waals surface area contributed by atoms with E-state index in [1.165, 1.54) is 18.7 Å². The first kappa shape index (κ1) is 19.8. The second-order valence-electron chi connectivity index (χ2n) is 6.47. The molecule has 1 N–H and O–H groups in total. The normalized spacial score (nSPS) is 11.7. The number of hydrogen-bond acceptors (Lipinski definition) is 5. The third-order valence-electron chi connectivity index (χ3n) is 4.06. The van der Waals surface area contributed by atoms with Gasteiger partial charge >= 0.3 is 0 Å². The van der Waals surface area contributed by atoms with E-state index >= 15 is 0 Å². The van der Waals surface area contributed by atoms with Crippen molar-refractivity contribution in [2.45, 2.75) is 31.2 Å². The van der Waals surface area contributed by atoms with Crippen LogP contribution in [0.15, 0.2) is 65.8 Å². The Hall–Kier alpha value is -2.99. The molecule has 1 amide bonds. The maximum absolute atomic E-state index is 13.1. The van der Waals surface area contributed by atoms with Crippen LogP contribution >= 0.6 is 11.8 Å². The summed E-state index contributed by atoms with van der Waals surface area (Å²) in [6, 6.07) is 18.3. The lowest BCUT2D eigenvalue weighted by Crippen LogP contribution is -2.19. The highest BCUT2D eigenvalue weighted by Gasteiger charge is 2.24. The monoisotopic (exact) mass is 391 g/mol.